The average molecular weight is 141 g/mol. The van der Waals surface area contributed by atoms with Gasteiger partial charge in [-0.05, 0) is 13.8 Å². The summed E-state index contributed by atoms with van der Waals surface area (Å²) < 4.78 is 0. The molecule has 2 unspecified atom stereocenters. The Balaban J connectivity index is 3.71. The highest BCUT2D eigenvalue weighted by molar-refractivity contribution is 5.81. The van der Waals surface area contributed by atoms with E-state index in [1.165, 1.54) is 0 Å². The first-order chi connectivity index (χ1) is 4.57. The maximum atomic E-state index is 10.7. The van der Waals surface area contributed by atoms with Crippen LogP contribution >= 0.6 is 0 Å². The van der Waals surface area contributed by atoms with Gasteiger partial charge in [0.1, 0.15) is 6.04 Å². The molecule has 0 aliphatic rings. The summed E-state index contributed by atoms with van der Waals surface area (Å²) in [5.41, 5.74) is 5.22. The Hall–Kier alpha value is -1.08. The molecular formula is C6H11N3O. The molecule has 0 aromatic carbocycles. The predicted molar refractivity (Wildman–Crippen MR) is 36.9 cm³/mol. The Morgan fingerprint density at radius 1 is 1.70 bits per heavy atom. The number of carbonyl (C=O) groups excluding carboxylic acids is 1. The number of rotatable bonds is 2. The highest BCUT2D eigenvalue weighted by atomic mass is 16.2. The number of nitrogens with two attached hydrogens (primary N) is 1. The maximum absolute atomic E-state index is 10.7. The van der Waals surface area contributed by atoms with Crippen LogP contribution in [0.3, 0.4) is 0 Å². The van der Waals surface area contributed by atoms with Crippen LogP contribution in [0, 0.1) is 11.3 Å². The highest BCUT2D eigenvalue weighted by Crippen LogP contribution is 1.80. The molecular weight excluding hydrogens is 130 g/mol. The molecule has 0 heterocycles. The molecule has 0 spiro atoms. The third kappa shape index (κ3) is 3.05. The van der Waals surface area contributed by atoms with Crippen molar-refractivity contribution >= 4 is 5.91 Å². The van der Waals surface area contributed by atoms with Gasteiger partial charge in [-0.25, -0.2) is 0 Å². The fourth-order valence-corrected chi connectivity index (χ4v) is 0.377. The van der Waals surface area contributed by atoms with Crippen molar-refractivity contribution < 1.29 is 4.79 Å². The lowest BCUT2D eigenvalue weighted by Crippen LogP contribution is -2.42. The van der Waals surface area contributed by atoms with E-state index in [2.05, 4.69) is 5.32 Å². The van der Waals surface area contributed by atoms with Crippen LogP contribution in [-0.2, 0) is 4.79 Å². The van der Waals surface area contributed by atoms with E-state index in [0.29, 0.717) is 0 Å². The molecule has 0 aliphatic carbocycles. The summed E-state index contributed by atoms with van der Waals surface area (Å²) in [4.78, 5) is 10.7. The van der Waals surface area contributed by atoms with Crippen LogP contribution in [0.25, 0.3) is 0 Å². The number of carbonyl (C=O) groups is 1. The van der Waals surface area contributed by atoms with Gasteiger partial charge in [-0.15, -0.1) is 0 Å². The van der Waals surface area contributed by atoms with E-state index < -0.39 is 12.1 Å². The van der Waals surface area contributed by atoms with Gasteiger partial charge in [0, 0.05) is 0 Å². The third-order valence-electron chi connectivity index (χ3n) is 0.966. The van der Waals surface area contributed by atoms with Crippen LogP contribution in [0.1, 0.15) is 13.8 Å². The van der Waals surface area contributed by atoms with Crippen molar-refractivity contribution in [1.82, 2.24) is 5.32 Å². The average Bonchev–Trinajstić information content (AvgIpc) is 1.87. The zero-order valence-electron chi connectivity index (χ0n) is 6.09. The van der Waals surface area contributed by atoms with Gasteiger partial charge in [0.25, 0.3) is 0 Å². The van der Waals surface area contributed by atoms with Crippen LogP contribution in [-0.4, -0.2) is 18.0 Å². The van der Waals surface area contributed by atoms with E-state index in [9.17, 15) is 4.79 Å². The normalized spacial score (nSPS) is 15.0. The van der Waals surface area contributed by atoms with Crippen molar-refractivity contribution in [2.24, 2.45) is 5.73 Å². The molecule has 0 aromatic rings. The number of nitrogens with one attached hydrogen (secondary N) is 1. The highest BCUT2D eigenvalue weighted by Gasteiger charge is 2.09. The second-order valence-electron chi connectivity index (χ2n) is 2.15. The lowest BCUT2D eigenvalue weighted by Gasteiger charge is -2.07. The van der Waals surface area contributed by atoms with Crippen molar-refractivity contribution in [3.05, 3.63) is 0 Å². The molecule has 0 bridgehead atoms. The summed E-state index contributed by atoms with van der Waals surface area (Å²) in [6.07, 6.45) is 0. The Morgan fingerprint density at radius 3 is 2.50 bits per heavy atom. The summed E-state index contributed by atoms with van der Waals surface area (Å²) >= 11 is 0. The molecule has 1 amide bonds. The first-order valence-corrected chi connectivity index (χ1v) is 3.03. The minimum atomic E-state index is -0.546. The molecule has 56 valence electrons. The fraction of sp³-hybridized carbons (Fsp3) is 0.667. The van der Waals surface area contributed by atoms with Gasteiger partial charge in [0.05, 0.1) is 12.1 Å². The zero-order chi connectivity index (χ0) is 8.15. The molecule has 2 atom stereocenters. The predicted octanol–water partition coefficient (Wildman–Crippen LogP) is -0.638. The van der Waals surface area contributed by atoms with Gasteiger partial charge in [-0.3, -0.25) is 4.79 Å². The second-order valence-corrected chi connectivity index (χ2v) is 2.15. The molecule has 0 radical (unpaired) electrons. The van der Waals surface area contributed by atoms with Gasteiger partial charge < -0.3 is 11.1 Å². The van der Waals surface area contributed by atoms with E-state index in [0.717, 1.165) is 0 Å². The molecule has 0 saturated heterocycles. The number of amides is 1. The largest absolute Gasteiger partial charge is 0.339 e. The Morgan fingerprint density at radius 2 is 2.20 bits per heavy atom. The summed E-state index contributed by atoms with van der Waals surface area (Å²) in [6, 6.07) is 0.858. The van der Waals surface area contributed by atoms with Crippen molar-refractivity contribution in [1.29, 1.82) is 5.26 Å². The van der Waals surface area contributed by atoms with E-state index in [1.54, 1.807) is 13.8 Å². The number of hydrogen-bond acceptors (Lipinski definition) is 3. The van der Waals surface area contributed by atoms with Crippen molar-refractivity contribution in [2.45, 2.75) is 25.9 Å². The number of nitrogens with zero attached hydrogens (tertiary/aromatic N) is 1. The molecule has 0 aliphatic heterocycles. The van der Waals surface area contributed by atoms with E-state index in [-0.39, 0.29) is 5.91 Å². The Kier molecular flexibility index (Phi) is 3.44. The van der Waals surface area contributed by atoms with Crippen LogP contribution in [0.5, 0.6) is 0 Å². The Labute approximate surface area is 60.0 Å². The zero-order valence-corrected chi connectivity index (χ0v) is 6.09. The molecule has 10 heavy (non-hydrogen) atoms. The lowest BCUT2D eigenvalue weighted by molar-refractivity contribution is -0.122. The Bertz CT molecular complexity index is 159. The van der Waals surface area contributed by atoms with Gasteiger partial charge in [-0.1, -0.05) is 0 Å². The molecule has 0 fully saturated rings. The second kappa shape index (κ2) is 3.85. The smallest absolute Gasteiger partial charge is 0.237 e. The first-order valence-electron chi connectivity index (χ1n) is 3.03. The summed E-state index contributed by atoms with van der Waals surface area (Å²) in [6.45, 7) is 3.17. The van der Waals surface area contributed by atoms with Gasteiger partial charge in [0.15, 0.2) is 0 Å². The number of nitriles is 1. The summed E-state index contributed by atoms with van der Waals surface area (Å²) in [5.74, 6) is -0.297. The third-order valence-corrected chi connectivity index (χ3v) is 0.966. The standard InChI is InChI=1S/C6H11N3O/c1-4(3-7)9-6(10)5(2)8/h4-5H,8H2,1-2H3,(H,9,10). The van der Waals surface area contributed by atoms with Crippen molar-refractivity contribution in [2.75, 3.05) is 0 Å². The first kappa shape index (κ1) is 8.92. The minimum absolute atomic E-state index is 0.297. The van der Waals surface area contributed by atoms with Crippen LogP contribution in [0.4, 0.5) is 0 Å². The maximum Gasteiger partial charge on any atom is 0.237 e. The number of hydrogen-bond donors (Lipinski definition) is 2. The molecule has 0 rings (SSSR count). The van der Waals surface area contributed by atoms with E-state index in [1.807, 2.05) is 6.07 Å². The van der Waals surface area contributed by atoms with Gasteiger partial charge in [-0.2, -0.15) is 5.26 Å². The van der Waals surface area contributed by atoms with Gasteiger partial charge >= 0.3 is 0 Å². The SMILES string of the molecule is CC(C#N)NC(=O)C(C)N. The molecule has 4 heteroatoms. The van der Waals surface area contributed by atoms with Crippen LogP contribution < -0.4 is 11.1 Å². The van der Waals surface area contributed by atoms with Crippen LogP contribution in [0.2, 0.25) is 0 Å². The topological polar surface area (TPSA) is 78.9 Å². The van der Waals surface area contributed by atoms with E-state index in [4.69, 9.17) is 11.0 Å². The minimum Gasteiger partial charge on any atom is -0.339 e. The van der Waals surface area contributed by atoms with Gasteiger partial charge in [0.2, 0.25) is 5.91 Å². The quantitative estimate of drug-likeness (QED) is 0.537. The van der Waals surface area contributed by atoms with Crippen molar-refractivity contribution in [3.8, 4) is 6.07 Å². The molecule has 3 N–H and O–H groups in total. The van der Waals surface area contributed by atoms with E-state index >= 15 is 0 Å². The van der Waals surface area contributed by atoms with Crippen molar-refractivity contribution in [3.63, 3.8) is 0 Å². The molecule has 0 aromatic heterocycles. The summed E-state index contributed by atoms with van der Waals surface area (Å²) in [7, 11) is 0. The summed E-state index contributed by atoms with van der Waals surface area (Å²) in [5, 5.41) is 10.7. The van der Waals surface area contributed by atoms with Crippen LogP contribution in [0.15, 0.2) is 0 Å². The molecule has 0 saturated carbocycles. The lowest BCUT2D eigenvalue weighted by atomic mass is 10.3. The molecule has 4 nitrogen and oxygen atoms in total. The fourth-order valence-electron chi connectivity index (χ4n) is 0.377. The monoisotopic (exact) mass is 141 g/mol.